The van der Waals surface area contributed by atoms with E-state index in [9.17, 15) is 8.42 Å². The van der Waals surface area contributed by atoms with Crippen molar-refractivity contribution in [2.24, 2.45) is 4.99 Å². The van der Waals surface area contributed by atoms with Crippen LogP contribution >= 0.6 is 0 Å². The summed E-state index contributed by atoms with van der Waals surface area (Å²) >= 11 is 0. The minimum Gasteiger partial charge on any atom is -0.377 e. The zero-order valence-corrected chi connectivity index (χ0v) is 18.3. The Morgan fingerprint density at radius 3 is 2.45 bits per heavy atom. The van der Waals surface area contributed by atoms with E-state index in [4.69, 9.17) is 4.74 Å². The predicted octanol–water partition coefficient (Wildman–Crippen LogP) is 3.06. The van der Waals surface area contributed by atoms with Crippen LogP contribution in [0.4, 0.5) is 0 Å². The fraction of sp³-hybridized carbons (Fsp3) is 0.409. The van der Waals surface area contributed by atoms with Gasteiger partial charge in [-0.25, -0.2) is 8.42 Å². The summed E-state index contributed by atoms with van der Waals surface area (Å²) in [6.07, 6.45) is 3.19. The normalized spacial score (nSPS) is 12.0. The number of hydrogen-bond acceptors (Lipinski definition) is 4. The Morgan fingerprint density at radius 1 is 1.03 bits per heavy atom. The molecule has 0 amide bonds. The first kappa shape index (κ1) is 22.9. The van der Waals surface area contributed by atoms with Gasteiger partial charge in [0.15, 0.2) is 15.8 Å². The molecule has 0 aromatic heterocycles. The number of unbranched alkanes of at least 4 members (excludes halogenated alkanes) is 1. The molecule has 6 nitrogen and oxygen atoms in total. The maximum Gasteiger partial charge on any atom is 0.191 e. The number of sulfone groups is 1. The molecule has 0 aliphatic heterocycles. The van der Waals surface area contributed by atoms with Crippen molar-refractivity contribution in [1.82, 2.24) is 10.6 Å². The molecule has 2 aromatic rings. The Morgan fingerprint density at radius 2 is 1.79 bits per heavy atom. The predicted molar refractivity (Wildman–Crippen MR) is 118 cm³/mol. The molecule has 0 aliphatic carbocycles. The second-order valence-electron chi connectivity index (χ2n) is 6.97. The number of rotatable bonds is 10. The van der Waals surface area contributed by atoms with Gasteiger partial charge in [0.25, 0.3) is 0 Å². The molecule has 0 heterocycles. The molecule has 0 atom stereocenters. The number of hydrogen-bond donors (Lipinski definition) is 2. The van der Waals surface area contributed by atoms with Crippen LogP contribution in [-0.4, -0.2) is 40.8 Å². The van der Waals surface area contributed by atoms with Crippen LogP contribution in [0.25, 0.3) is 0 Å². The largest absolute Gasteiger partial charge is 0.377 e. The molecule has 0 fully saturated rings. The van der Waals surface area contributed by atoms with Gasteiger partial charge in [-0.1, -0.05) is 42.5 Å². The molecule has 0 saturated heterocycles. The molecule has 0 radical (unpaired) electrons. The van der Waals surface area contributed by atoms with E-state index in [0.717, 1.165) is 43.1 Å². The summed E-state index contributed by atoms with van der Waals surface area (Å²) < 4.78 is 29.1. The molecular weight excluding hydrogens is 386 g/mol. The topological polar surface area (TPSA) is 79.8 Å². The summed E-state index contributed by atoms with van der Waals surface area (Å²) in [7, 11) is -1.46. The van der Waals surface area contributed by atoms with Crippen LogP contribution in [0, 0.1) is 6.92 Å². The Balaban J connectivity index is 1.64. The number of aryl methyl sites for hydroxylation is 1. The summed E-state index contributed by atoms with van der Waals surface area (Å²) in [5.74, 6) is 0.722. The van der Waals surface area contributed by atoms with Crippen molar-refractivity contribution in [3.63, 3.8) is 0 Å². The minimum absolute atomic E-state index is 0.373. The molecule has 0 bridgehead atoms. The summed E-state index contributed by atoms with van der Waals surface area (Å²) in [6, 6.07) is 15.5. The fourth-order valence-corrected chi connectivity index (χ4v) is 3.90. The van der Waals surface area contributed by atoms with Crippen LogP contribution in [-0.2, 0) is 27.7 Å². The minimum atomic E-state index is -3.19. The van der Waals surface area contributed by atoms with E-state index in [1.807, 2.05) is 37.3 Å². The highest BCUT2D eigenvalue weighted by Crippen LogP contribution is 2.16. The first-order valence-corrected chi connectivity index (χ1v) is 11.6. The molecular formula is C22H31N3O3S. The van der Waals surface area contributed by atoms with Crippen molar-refractivity contribution in [2.45, 2.75) is 37.8 Å². The monoisotopic (exact) mass is 417 g/mol. The third kappa shape index (κ3) is 8.25. The standard InChI is InChI=1S/C22H31N3O3S/c1-18-15-20(11-12-21(18)29(3,26)27)16-25-22(23-2)24-13-7-8-14-28-17-19-9-5-4-6-10-19/h4-6,9-12,15H,7-8,13-14,16-17H2,1-3H3,(H2,23,24,25). The fourth-order valence-electron chi connectivity index (χ4n) is 2.94. The SMILES string of the molecule is CN=C(NCCCCOCc1ccccc1)NCc1ccc(S(C)(=O)=O)c(C)c1. The van der Waals surface area contributed by atoms with E-state index >= 15 is 0 Å². The second-order valence-corrected chi connectivity index (χ2v) is 8.95. The Labute approximate surface area is 174 Å². The third-order valence-electron chi connectivity index (χ3n) is 4.44. The molecule has 0 saturated carbocycles. The zero-order valence-electron chi connectivity index (χ0n) is 17.4. The highest BCUT2D eigenvalue weighted by atomic mass is 32.2. The Kier molecular flexibility index (Phi) is 9.15. The number of aliphatic imine (C=N–C) groups is 1. The molecule has 7 heteroatoms. The maximum absolute atomic E-state index is 11.7. The lowest BCUT2D eigenvalue weighted by Gasteiger charge is -2.13. The third-order valence-corrected chi connectivity index (χ3v) is 5.70. The van der Waals surface area contributed by atoms with Crippen molar-refractivity contribution in [3.8, 4) is 0 Å². The van der Waals surface area contributed by atoms with Crippen LogP contribution < -0.4 is 10.6 Å². The van der Waals surface area contributed by atoms with Gasteiger partial charge in [0.1, 0.15) is 0 Å². The van der Waals surface area contributed by atoms with Crippen LogP contribution in [0.2, 0.25) is 0 Å². The van der Waals surface area contributed by atoms with E-state index in [0.29, 0.717) is 18.0 Å². The Bertz CT molecular complexity index is 897. The molecule has 158 valence electrons. The van der Waals surface area contributed by atoms with E-state index in [2.05, 4.69) is 27.8 Å². The van der Waals surface area contributed by atoms with Gasteiger partial charge in [-0.05, 0) is 42.5 Å². The first-order chi connectivity index (χ1) is 13.9. The lowest BCUT2D eigenvalue weighted by molar-refractivity contribution is 0.117. The number of ether oxygens (including phenoxy) is 1. The van der Waals surface area contributed by atoms with E-state index in [1.165, 1.54) is 11.8 Å². The highest BCUT2D eigenvalue weighted by Gasteiger charge is 2.10. The lowest BCUT2D eigenvalue weighted by Crippen LogP contribution is -2.37. The van der Waals surface area contributed by atoms with Gasteiger partial charge in [0, 0.05) is 33.0 Å². The number of nitrogens with one attached hydrogen (secondary N) is 2. The van der Waals surface area contributed by atoms with Gasteiger partial charge in [-0.15, -0.1) is 0 Å². The van der Waals surface area contributed by atoms with Gasteiger partial charge in [0.2, 0.25) is 0 Å². The summed E-state index contributed by atoms with van der Waals surface area (Å²) in [5.41, 5.74) is 2.95. The molecule has 2 rings (SSSR count). The quantitative estimate of drug-likeness (QED) is 0.353. The van der Waals surface area contributed by atoms with Crippen molar-refractivity contribution in [1.29, 1.82) is 0 Å². The zero-order chi connectivity index (χ0) is 21.1. The molecule has 0 aliphatic rings. The number of benzene rings is 2. The molecule has 0 spiro atoms. The Hall–Kier alpha value is -2.38. The van der Waals surface area contributed by atoms with Crippen LogP contribution in [0.1, 0.15) is 29.5 Å². The first-order valence-electron chi connectivity index (χ1n) is 9.76. The van der Waals surface area contributed by atoms with Crippen molar-refractivity contribution >= 4 is 15.8 Å². The maximum atomic E-state index is 11.7. The highest BCUT2D eigenvalue weighted by molar-refractivity contribution is 7.90. The van der Waals surface area contributed by atoms with E-state index < -0.39 is 9.84 Å². The average molecular weight is 418 g/mol. The molecule has 29 heavy (non-hydrogen) atoms. The van der Waals surface area contributed by atoms with Crippen molar-refractivity contribution < 1.29 is 13.2 Å². The van der Waals surface area contributed by atoms with Gasteiger partial charge in [-0.2, -0.15) is 0 Å². The summed E-state index contributed by atoms with van der Waals surface area (Å²) in [6.45, 7) is 4.57. The molecule has 2 N–H and O–H groups in total. The van der Waals surface area contributed by atoms with Gasteiger partial charge in [-0.3, -0.25) is 4.99 Å². The summed E-state index contributed by atoms with van der Waals surface area (Å²) in [4.78, 5) is 4.60. The van der Waals surface area contributed by atoms with Crippen molar-refractivity contribution in [3.05, 3.63) is 65.2 Å². The average Bonchev–Trinajstić information content (AvgIpc) is 2.69. The van der Waals surface area contributed by atoms with E-state index in [1.54, 1.807) is 13.1 Å². The van der Waals surface area contributed by atoms with Gasteiger partial charge >= 0.3 is 0 Å². The smallest absolute Gasteiger partial charge is 0.191 e. The van der Waals surface area contributed by atoms with Crippen LogP contribution in [0.5, 0.6) is 0 Å². The lowest BCUT2D eigenvalue weighted by atomic mass is 10.1. The van der Waals surface area contributed by atoms with Crippen LogP contribution in [0.3, 0.4) is 0 Å². The summed E-state index contributed by atoms with van der Waals surface area (Å²) in [5, 5.41) is 6.54. The number of guanidine groups is 1. The van der Waals surface area contributed by atoms with Crippen molar-refractivity contribution in [2.75, 3.05) is 26.5 Å². The van der Waals surface area contributed by atoms with Gasteiger partial charge in [0.05, 0.1) is 11.5 Å². The molecule has 0 unspecified atom stereocenters. The second kappa shape index (κ2) is 11.6. The van der Waals surface area contributed by atoms with E-state index in [-0.39, 0.29) is 0 Å². The molecule has 2 aromatic carbocycles. The number of nitrogens with zero attached hydrogens (tertiary/aromatic N) is 1. The van der Waals surface area contributed by atoms with Crippen LogP contribution in [0.15, 0.2) is 58.4 Å². The van der Waals surface area contributed by atoms with Gasteiger partial charge < -0.3 is 15.4 Å².